The molecule has 8 heteroatoms. The number of nitrogens with one attached hydrogen (secondary N) is 1. The van der Waals surface area contributed by atoms with Gasteiger partial charge in [-0.1, -0.05) is 19.8 Å². The molecule has 2 fully saturated rings. The van der Waals surface area contributed by atoms with Crippen molar-refractivity contribution in [2.24, 2.45) is 16.8 Å². The number of hydrogen-bond acceptors (Lipinski definition) is 3. The normalized spacial score (nSPS) is 24.7. The number of guanidine groups is 1. The molecule has 1 N–H and O–H groups in total. The molecule has 0 spiro atoms. The second kappa shape index (κ2) is 10.2. The van der Waals surface area contributed by atoms with E-state index in [1.807, 2.05) is 14.0 Å². The van der Waals surface area contributed by atoms with Crippen molar-refractivity contribution in [3.63, 3.8) is 0 Å². The lowest BCUT2D eigenvalue weighted by Gasteiger charge is -2.22. The zero-order chi connectivity index (χ0) is 16.9. The highest BCUT2D eigenvalue weighted by atomic mass is 127. The molecule has 0 aromatic rings. The number of hydrogen-bond donors (Lipinski definition) is 1. The molecule has 2 rings (SSSR count). The quantitative estimate of drug-likeness (QED) is 0.278. The molecule has 0 aromatic heterocycles. The zero-order valence-corrected chi connectivity index (χ0v) is 18.3. The minimum atomic E-state index is -3.09. The van der Waals surface area contributed by atoms with Crippen molar-refractivity contribution >= 4 is 40.0 Å². The van der Waals surface area contributed by atoms with Gasteiger partial charge in [0.2, 0.25) is 10.0 Å². The van der Waals surface area contributed by atoms with Crippen molar-refractivity contribution in [1.82, 2.24) is 14.5 Å². The van der Waals surface area contributed by atoms with Crippen LogP contribution < -0.4 is 5.32 Å². The van der Waals surface area contributed by atoms with Crippen LogP contribution in [0.2, 0.25) is 0 Å². The predicted molar refractivity (Wildman–Crippen MR) is 111 cm³/mol. The maximum absolute atomic E-state index is 11.6. The first kappa shape index (κ1) is 22.0. The van der Waals surface area contributed by atoms with Crippen LogP contribution in [0, 0.1) is 11.8 Å². The lowest BCUT2D eigenvalue weighted by atomic mass is 9.82. The van der Waals surface area contributed by atoms with Crippen molar-refractivity contribution in [1.29, 1.82) is 0 Å². The summed E-state index contributed by atoms with van der Waals surface area (Å²) in [4.78, 5) is 6.80. The molecular formula is C16H33IN4O2S. The highest BCUT2D eigenvalue weighted by Gasteiger charge is 2.35. The largest absolute Gasteiger partial charge is 0.356 e. The van der Waals surface area contributed by atoms with E-state index < -0.39 is 10.0 Å². The third-order valence-electron chi connectivity index (χ3n) is 5.18. The van der Waals surface area contributed by atoms with Gasteiger partial charge in [0.1, 0.15) is 0 Å². The molecule has 1 saturated heterocycles. The number of nitrogens with zero attached hydrogens (tertiary/aromatic N) is 3. The Morgan fingerprint density at radius 1 is 1.25 bits per heavy atom. The summed E-state index contributed by atoms with van der Waals surface area (Å²) in [5, 5.41) is 3.41. The molecule has 2 atom stereocenters. The van der Waals surface area contributed by atoms with Crippen LogP contribution in [-0.4, -0.2) is 69.6 Å². The highest BCUT2D eigenvalue weighted by molar-refractivity contribution is 14.0. The molecule has 0 aromatic carbocycles. The monoisotopic (exact) mass is 472 g/mol. The maximum Gasteiger partial charge on any atom is 0.211 e. The molecule has 1 heterocycles. The summed E-state index contributed by atoms with van der Waals surface area (Å²) in [7, 11) is -1.25. The minimum absolute atomic E-state index is 0. The number of likely N-dealkylation sites (tertiary alicyclic amines) is 1. The average molecular weight is 472 g/mol. The van der Waals surface area contributed by atoms with Gasteiger partial charge in [-0.2, -0.15) is 0 Å². The first-order chi connectivity index (χ1) is 11.0. The Morgan fingerprint density at radius 3 is 2.29 bits per heavy atom. The number of rotatable bonds is 6. The van der Waals surface area contributed by atoms with Crippen LogP contribution in [0.3, 0.4) is 0 Å². The molecule has 6 nitrogen and oxygen atoms in total. The average Bonchev–Trinajstić information content (AvgIpc) is 2.93. The Balaban J connectivity index is 0.00000288. The Labute approximate surface area is 164 Å². The first-order valence-corrected chi connectivity index (χ1v) is 10.7. The van der Waals surface area contributed by atoms with E-state index in [0.29, 0.717) is 13.1 Å². The molecule has 2 aliphatic rings. The maximum atomic E-state index is 11.6. The van der Waals surface area contributed by atoms with Gasteiger partial charge in [-0.25, -0.2) is 12.7 Å². The van der Waals surface area contributed by atoms with Crippen molar-refractivity contribution in [3.8, 4) is 0 Å². The second-order valence-electron chi connectivity index (χ2n) is 6.79. The van der Waals surface area contributed by atoms with Gasteiger partial charge in [-0.3, -0.25) is 4.99 Å². The standard InChI is InChI=1S/C16H32N4O2S.HI/c1-4-20(23(3,21)22)11-7-10-18-16(17-2)19-12-14-8-5-6-9-15(14)13-19;/h14-15H,4-13H2,1-3H3,(H,17,18);1H. The van der Waals surface area contributed by atoms with Crippen molar-refractivity contribution in [2.75, 3.05) is 46.0 Å². The van der Waals surface area contributed by atoms with E-state index in [2.05, 4.69) is 15.2 Å². The Bertz CT molecular complexity index is 498. The number of sulfonamides is 1. The van der Waals surface area contributed by atoms with Gasteiger partial charge in [0.15, 0.2) is 5.96 Å². The van der Waals surface area contributed by atoms with E-state index in [1.54, 1.807) is 0 Å². The lowest BCUT2D eigenvalue weighted by molar-refractivity contribution is 0.299. The summed E-state index contributed by atoms with van der Waals surface area (Å²) in [6, 6.07) is 0. The van der Waals surface area contributed by atoms with Gasteiger partial charge in [0.25, 0.3) is 0 Å². The summed E-state index contributed by atoms with van der Waals surface area (Å²) in [6.45, 7) is 5.96. The fourth-order valence-corrected chi connectivity index (χ4v) is 4.85. The van der Waals surface area contributed by atoms with E-state index in [9.17, 15) is 8.42 Å². The second-order valence-corrected chi connectivity index (χ2v) is 8.77. The third-order valence-corrected chi connectivity index (χ3v) is 6.56. The summed E-state index contributed by atoms with van der Waals surface area (Å²) >= 11 is 0. The summed E-state index contributed by atoms with van der Waals surface area (Å²) in [5.41, 5.74) is 0. The summed E-state index contributed by atoms with van der Waals surface area (Å²) in [6.07, 6.45) is 7.53. The molecule has 1 saturated carbocycles. The van der Waals surface area contributed by atoms with Crippen LogP contribution in [0.5, 0.6) is 0 Å². The van der Waals surface area contributed by atoms with Crippen LogP contribution in [0.1, 0.15) is 39.0 Å². The van der Waals surface area contributed by atoms with Gasteiger partial charge in [0, 0.05) is 39.8 Å². The molecule has 0 amide bonds. The van der Waals surface area contributed by atoms with Crippen LogP contribution >= 0.6 is 24.0 Å². The van der Waals surface area contributed by atoms with Gasteiger partial charge >= 0.3 is 0 Å². The molecule has 142 valence electrons. The molecule has 24 heavy (non-hydrogen) atoms. The lowest BCUT2D eigenvalue weighted by Crippen LogP contribution is -2.41. The van der Waals surface area contributed by atoms with E-state index in [0.717, 1.165) is 43.9 Å². The fraction of sp³-hybridized carbons (Fsp3) is 0.938. The number of aliphatic imine (C=N–C) groups is 1. The van der Waals surface area contributed by atoms with Crippen molar-refractivity contribution in [2.45, 2.75) is 39.0 Å². The molecule has 0 bridgehead atoms. The van der Waals surface area contributed by atoms with Crippen LogP contribution in [0.25, 0.3) is 0 Å². The highest BCUT2D eigenvalue weighted by Crippen LogP contribution is 2.35. The van der Waals surface area contributed by atoms with Gasteiger partial charge in [-0.05, 0) is 31.1 Å². The topological polar surface area (TPSA) is 65.0 Å². The molecule has 2 unspecified atom stereocenters. The SMILES string of the molecule is CCN(CCCNC(=NC)N1CC2CCCCC2C1)S(C)(=O)=O.I. The predicted octanol–water partition coefficient (Wildman–Crippen LogP) is 1.97. The smallest absolute Gasteiger partial charge is 0.211 e. The van der Waals surface area contributed by atoms with Gasteiger partial charge in [0.05, 0.1) is 6.26 Å². The summed E-state index contributed by atoms with van der Waals surface area (Å²) < 4.78 is 24.7. The molecule has 1 aliphatic carbocycles. The van der Waals surface area contributed by atoms with E-state index >= 15 is 0 Å². The Kier molecular flexibility index (Phi) is 9.29. The fourth-order valence-electron chi connectivity index (χ4n) is 3.93. The van der Waals surface area contributed by atoms with E-state index in [-0.39, 0.29) is 24.0 Å². The summed E-state index contributed by atoms with van der Waals surface area (Å²) in [5.74, 6) is 2.65. The van der Waals surface area contributed by atoms with Crippen LogP contribution in [0.4, 0.5) is 0 Å². The van der Waals surface area contributed by atoms with Crippen LogP contribution in [-0.2, 0) is 10.0 Å². The van der Waals surface area contributed by atoms with Gasteiger partial charge < -0.3 is 10.2 Å². The van der Waals surface area contributed by atoms with Crippen molar-refractivity contribution in [3.05, 3.63) is 0 Å². The molecule has 1 aliphatic heterocycles. The Morgan fingerprint density at radius 2 is 1.83 bits per heavy atom. The molecular weight excluding hydrogens is 439 g/mol. The number of fused-ring (bicyclic) bond motifs is 1. The number of halogens is 1. The zero-order valence-electron chi connectivity index (χ0n) is 15.2. The third kappa shape index (κ3) is 6.01. The van der Waals surface area contributed by atoms with Crippen molar-refractivity contribution < 1.29 is 8.42 Å². The minimum Gasteiger partial charge on any atom is -0.356 e. The molecule has 0 radical (unpaired) electrons. The first-order valence-electron chi connectivity index (χ1n) is 8.86. The van der Waals surface area contributed by atoms with E-state index in [4.69, 9.17) is 0 Å². The Hall–Kier alpha value is -0.0900. The van der Waals surface area contributed by atoms with Crippen LogP contribution in [0.15, 0.2) is 4.99 Å². The van der Waals surface area contributed by atoms with E-state index in [1.165, 1.54) is 36.2 Å². The van der Waals surface area contributed by atoms with Gasteiger partial charge in [-0.15, -0.1) is 24.0 Å².